The van der Waals surface area contributed by atoms with E-state index in [2.05, 4.69) is 10.1 Å². The fourth-order valence-corrected chi connectivity index (χ4v) is 2.24. The predicted octanol–water partition coefficient (Wildman–Crippen LogP) is 4.50. The van der Waals surface area contributed by atoms with Crippen LogP contribution < -0.4 is 14.8 Å². The molecule has 0 aliphatic rings. The summed E-state index contributed by atoms with van der Waals surface area (Å²) in [6.45, 7) is -3.00. The Morgan fingerprint density at radius 2 is 2.04 bits per heavy atom. The average Bonchev–Trinajstić information content (AvgIpc) is 2.60. The summed E-state index contributed by atoms with van der Waals surface area (Å²) >= 11 is 5.85. The first kappa shape index (κ1) is 19.2. The molecular weight excluding hydrogens is 366 g/mol. The zero-order valence-corrected chi connectivity index (χ0v) is 14.3. The normalized spacial score (nSPS) is 11.0. The molecule has 2 aromatic carbocycles. The number of amides is 1. The number of halogens is 3. The number of carbonyl (C=O) groups is 1. The number of nitrogens with one attached hydrogen (secondary N) is 1. The van der Waals surface area contributed by atoms with Gasteiger partial charge in [0.15, 0.2) is 11.5 Å². The standard InChI is InChI=1S/C18H13ClF2N2O3/c1-25-16-8-11(5-6-15(16)26-18(20)21)7-12(10-22)17(24)23-14-4-2-3-13(19)9-14/h2-9,18H,1H3,(H,23,24)/b12-7-. The van der Waals surface area contributed by atoms with Crippen molar-refractivity contribution in [3.05, 3.63) is 58.6 Å². The van der Waals surface area contributed by atoms with Gasteiger partial charge < -0.3 is 14.8 Å². The molecule has 0 aromatic heterocycles. The van der Waals surface area contributed by atoms with Crippen molar-refractivity contribution in [3.63, 3.8) is 0 Å². The van der Waals surface area contributed by atoms with Crippen LogP contribution in [0.15, 0.2) is 48.0 Å². The molecule has 0 radical (unpaired) electrons. The van der Waals surface area contributed by atoms with E-state index in [9.17, 15) is 18.8 Å². The molecule has 26 heavy (non-hydrogen) atoms. The summed E-state index contributed by atoms with van der Waals surface area (Å²) in [4.78, 5) is 12.2. The van der Waals surface area contributed by atoms with Gasteiger partial charge in [0.05, 0.1) is 7.11 Å². The molecule has 5 nitrogen and oxygen atoms in total. The number of hydrogen-bond acceptors (Lipinski definition) is 4. The molecule has 2 aromatic rings. The van der Waals surface area contributed by atoms with Crippen molar-refractivity contribution in [1.29, 1.82) is 5.26 Å². The Balaban J connectivity index is 2.24. The Labute approximate surface area is 153 Å². The molecule has 0 atom stereocenters. The van der Waals surface area contributed by atoms with Crippen molar-refractivity contribution in [2.24, 2.45) is 0 Å². The SMILES string of the molecule is COc1cc(/C=C(/C#N)C(=O)Nc2cccc(Cl)c2)ccc1OC(F)F. The van der Waals surface area contributed by atoms with Gasteiger partial charge >= 0.3 is 6.61 Å². The maximum atomic E-state index is 12.3. The number of anilines is 1. The van der Waals surface area contributed by atoms with Crippen molar-refractivity contribution >= 4 is 29.3 Å². The number of nitriles is 1. The molecular formula is C18H13ClF2N2O3. The number of ether oxygens (including phenoxy) is 2. The number of alkyl halides is 2. The van der Waals surface area contributed by atoms with Gasteiger partial charge in [0.25, 0.3) is 5.91 Å². The molecule has 1 amide bonds. The Morgan fingerprint density at radius 3 is 2.65 bits per heavy atom. The van der Waals surface area contributed by atoms with Crippen LogP contribution in [0.25, 0.3) is 6.08 Å². The Kier molecular flexibility index (Phi) is 6.53. The summed E-state index contributed by atoms with van der Waals surface area (Å²) in [5, 5.41) is 12.2. The average molecular weight is 379 g/mol. The van der Waals surface area contributed by atoms with Gasteiger partial charge in [0.1, 0.15) is 11.6 Å². The molecule has 0 heterocycles. The van der Waals surface area contributed by atoms with Crippen molar-refractivity contribution in [2.75, 3.05) is 12.4 Å². The van der Waals surface area contributed by atoms with Gasteiger partial charge in [-0.05, 0) is 42.0 Å². The fourth-order valence-electron chi connectivity index (χ4n) is 2.05. The van der Waals surface area contributed by atoms with Crippen LogP contribution in [0.5, 0.6) is 11.5 Å². The lowest BCUT2D eigenvalue weighted by atomic mass is 10.1. The van der Waals surface area contributed by atoms with Crippen LogP contribution in [0.2, 0.25) is 5.02 Å². The van der Waals surface area contributed by atoms with Crippen LogP contribution in [0.1, 0.15) is 5.56 Å². The van der Waals surface area contributed by atoms with E-state index in [-0.39, 0.29) is 17.1 Å². The largest absolute Gasteiger partial charge is 0.493 e. The lowest BCUT2D eigenvalue weighted by molar-refractivity contribution is -0.112. The Hall–Kier alpha value is -3.11. The third-order valence-corrected chi connectivity index (χ3v) is 3.40. The second-order valence-corrected chi connectivity index (χ2v) is 5.36. The molecule has 0 aliphatic heterocycles. The first-order valence-corrected chi connectivity index (χ1v) is 7.62. The lowest BCUT2D eigenvalue weighted by Crippen LogP contribution is -2.13. The number of methoxy groups -OCH3 is 1. The molecule has 2 rings (SSSR count). The zero-order chi connectivity index (χ0) is 19.1. The third kappa shape index (κ3) is 5.19. The predicted molar refractivity (Wildman–Crippen MR) is 93.3 cm³/mol. The van der Waals surface area contributed by atoms with E-state index in [0.717, 1.165) is 0 Å². The highest BCUT2D eigenvalue weighted by Crippen LogP contribution is 2.30. The quantitative estimate of drug-likeness (QED) is 0.593. The van der Waals surface area contributed by atoms with Gasteiger partial charge in [0, 0.05) is 10.7 Å². The number of benzene rings is 2. The fraction of sp³-hybridized carbons (Fsp3) is 0.111. The first-order chi connectivity index (χ1) is 12.4. The number of rotatable bonds is 6. The summed E-state index contributed by atoms with van der Waals surface area (Å²) in [6.07, 6.45) is 1.30. The topological polar surface area (TPSA) is 71.3 Å². The summed E-state index contributed by atoms with van der Waals surface area (Å²) in [6, 6.07) is 12.3. The van der Waals surface area contributed by atoms with E-state index in [1.54, 1.807) is 24.3 Å². The molecule has 134 valence electrons. The van der Waals surface area contributed by atoms with Crippen molar-refractivity contribution < 1.29 is 23.0 Å². The second kappa shape index (κ2) is 8.83. The molecule has 0 aliphatic carbocycles. The van der Waals surface area contributed by atoms with Gasteiger partial charge in [-0.2, -0.15) is 14.0 Å². The van der Waals surface area contributed by atoms with Gasteiger partial charge in [-0.3, -0.25) is 4.79 Å². The Bertz CT molecular complexity index is 879. The summed E-state index contributed by atoms with van der Waals surface area (Å²) in [7, 11) is 1.29. The maximum absolute atomic E-state index is 12.3. The maximum Gasteiger partial charge on any atom is 0.387 e. The van der Waals surface area contributed by atoms with Gasteiger partial charge in [0.2, 0.25) is 0 Å². The molecule has 1 N–H and O–H groups in total. The molecule has 0 spiro atoms. The van der Waals surface area contributed by atoms with E-state index in [0.29, 0.717) is 16.3 Å². The molecule has 0 saturated heterocycles. The van der Waals surface area contributed by atoms with Crippen LogP contribution in [-0.2, 0) is 4.79 Å². The lowest BCUT2D eigenvalue weighted by Gasteiger charge is -2.10. The highest BCUT2D eigenvalue weighted by molar-refractivity contribution is 6.31. The molecule has 8 heteroatoms. The van der Waals surface area contributed by atoms with Crippen LogP contribution in [0.3, 0.4) is 0 Å². The molecule has 0 fully saturated rings. The van der Waals surface area contributed by atoms with Gasteiger partial charge in [-0.15, -0.1) is 0 Å². The minimum absolute atomic E-state index is 0.0478. The first-order valence-electron chi connectivity index (χ1n) is 7.24. The van der Waals surface area contributed by atoms with E-state index in [1.807, 2.05) is 0 Å². The second-order valence-electron chi connectivity index (χ2n) is 4.92. The monoisotopic (exact) mass is 378 g/mol. The van der Waals surface area contributed by atoms with Crippen LogP contribution in [0, 0.1) is 11.3 Å². The minimum Gasteiger partial charge on any atom is -0.493 e. The highest BCUT2D eigenvalue weighted by atomic mass is 35.5. The van der Waals surface area contributed by atoms with Crippen molar-refractivity contribution in [2.45, 2.75) is 6.61 Å². The number of carbonyl (C=O) groups excluding carboxylic acids is 1. The minimum atomic E-state index is -3.00. The van der Waals surface area contributed by atoms with E-state index >= 15 is 0 Å². The third-order valence-electron chi connectivity index (χ3n) is 3.16. The van der Waals surface area contributed by atoms with Crippen molar-refractivity contribution in [3.8, 4) is 17.6 Å². The Morgan fingerprint density at radius 1 is 1.27 bits per heavy atom. The van der Waals surface area contributed by atoms with Crippen LogP contribution >= 0.6 is 11.6 Å². The summed E-state index contributed by atoms with van der Waals surface area (Å²) in [5.41, 5.74) is 0.651. The van der Waals surface area contributed by atoms with E-state index < -0.39 is 12.5 Å². The number of nitrogens with zero attached hydrogens (tertiary/aromatic N) is 1. The van der Waals surface area contributed by atoms with Crippen LogP contribution in [-0.4, -0.2) is 19.6 Å². The molecule has 0 unspecified atom stereocenters. The van der Waals surface area contributed by atoms with E-state index in [4.69, 9.17) is 16.3 Å². The number of hydrogen-bond donors (Lipinski definition) is 1. The van der Waals surface area contributed by atoms with Gasteiger partial charge in [-0.1, -0.05) is 23.7 Å². The highest BCUT2D eigenvalue weighted by Gasteiger charge is 2.13. The van der Waals surface area contributed by atoms with Crippen molar-refractivity contribution in [1.82, 2.24) is 0 Å². The molecule has 0 bridgehead atoms. The van der Waals surface area contributed by atoms with Crippen LogP contribution in [0.4, 0.5) is 14.5 Å². The summed E-state index contributed by atoms with van der Waals surface area (Å²) in [5.74, 6) is -0.741. The zero-order valence-electron chi connectivity index (χ0n) is 13.5. The summed E-state index contributed by atoms with van der Waals surface area (Å²) < 4.78 is 34.0. The molecule has 0 saturated carbocycles. The van der Waals surface area contributed by atoms with Gasteiger partial charge in [-0.25, -0.2) is 0 Å². The van der Waals surface area contributed by atoms with E-state index in [1.165, 1.54) is 37.5 Å². The smallest absolute Gasteiger partial charge is 0.387 e.